The highest BCUT2D eigenvalue weighted by atomic mass is 16.5. The Morgan fingerprint density at radius 2 is 1.75 bits per heavy atom. The number of aldehydes is 1. The van der Waals surface area contributed by atoms with Crippen LogP contribution in [0.4, 0.5) is 0 Å². The minimum absolute atomic E-state index is 0.643. The molecule has 0 radical (unpaired) electrons. The van der Waals surface area contributed by atoms with Gasteiger partial charge < -0.3 is 4.74 Å². The molecule has 2 rings (SSSR count). The summed E-state index contributed by atoms with van der Waals surface area (Å²) in [6.07, 6.45) is 3.61. The smallest absolute Gasteiger partial charge is 0.150 e. The van der Waals surface area contributed by atoms with Crippen molar-refractivity contribution in [1.29, 1.82) is 0 Å². The molecule has 0 heterocycles. The number of allylic oxidation sites excluding steroid dienone is 2. The lowest BCUT2D eigenvalue weighted by Crippen LogP contribution is -1.92. The number of hydrogen-bond acceptors (Lipinski definition) is 2. The summed E-state index contributed by atoms with van der Waals surface area (Å²) in [5, 5.41) is 0. The number of carbonyl (C=O) groups is 1. The SMILES string of the molecule is CCOc1ccc(/C(C=O)=C\Cc2ccccc2)cc1. The zero-order valence-electron chi connectivity index (χ0n) is 11.6. The Balaban J connectivity index is 2.13. The van der Waals surface area contributed by atoms with Gasteiger partial charge in [0.1, 0.15) is 12.0 Å². The zero-order valence-corrected chi connectivity index (χ0v) is 11.6. The van der Waals surface area contributed by atoms with Gasteiger partial charge in [0.15, 0.2) is 0 Å². The Hall–Kier alpha value is -2.35. The normalized spacial score (nSPS) is 11.2. The standard InChI is InChI=1S/C18H18O2/c1-2-20-18-12-10-16(11-13-18)17(14-19)9-8-15-6-4-3-5-7-15/h3-7,9-14H,2,8H2,1H3/b17-9-. The van der Waals surface area contributed by atoms with Gasteiger partial charge in [-0.25, -0.2) is 0 Å². The molecule has 0 aliphatic carbocycles. The van der Waals surface area contributed by atoms with Gasteiger partial charge in [0.2, 0.25) is 0 Å². The highest BCUT2D eigenvalue weighted by molar-refractivity contribution is 6.06. The van der Waals surface area contributed by atoms with E-state index in [9.17, 15) is 4.79 Å². The molecule has 0 atom stereocenters. The van der Waals surface area contributed by atoms with Crippen molar-refractivity contribution in [2.75, 3.05) is 6.61 Å². The van der Waals surface area contributed by atoms with Crippen LogP contribution in [0.15, 0.2) is 60.7 Å². The van der Waals surface area contributed by atoms with Crippen molar-refractivity contribution in [1.82, 2.24) is 0 Å². The molecule has 0 spiro atoms. The molecule has 0 amide bonds. The quantitative estimate of drug-likeness (QED) is 0.585. The van der Waals surface area contributed by atoms with E-state index in [0.717, 1.165) is 24.0 Å². The van der Waals surface area contributed by atoms with Crippen molar-refractivity contribution in [2.24, 2.45) is 0 Å². The maximum absolute atomic E-state index is 11.2. The van der Waals surface area contributed by atoms with E-state index in [0.29, 0.717) is 12.2 Å². The molecule has 2 nitrogen and oxygen atoms in total. The first-order valence-corrected chi connectivity index (χ1v) is 6.76. The topological polar surface area (TPSA) is 26.3 Å². The molecule has 0 unspecified atom stereocenters. The number of benzene rings is 2. The lowest BCUT2D eigenvalue weighted by Gasteiger charge is -2.05. The summed E-state index contributed by atoms with van der Waals surface area (Å²) in [6.45, 7) is 2.59. The Kier molecular flexibility index (Phi) is 5.13. The maximum atomic E-state index is 11.2. The highest BCUT2D eigenvalue weighted by Crippen LogP contribution is 2.18. The van der Waals surface area contributed by atoms with E-state index in [2.05, 4.69) is 12.1 Å². The monoisotopic (exact) mass is 266 g/mol. The number of ether oxygens (including phenoxy) is 1. The second kappa shape index (κ2) is 7.29. The van der Waals surface area contributed by atoms with Gasteiger partial charge in [-0.2, -0.15) is 0 Å². The molecule has 2 aromatic rings. The van der Waals surface area contributed by atoms with E-state index in [-0.39, 0.29) is 0 Å². The van der Waals surface area contributed by atoms with Gasteiger partial charge in [-0.1, -0.05) is 48.5 Å². The Labute approximate surface area is 119 Å². The second-order valence-electron chi connectivity index (χ2n) is 4.42. The highest BCUT2D eigenvalue weighted by Gasteiger charge is 2.01. The van der Waals surface area contributed by atoms with Gasteiger partial charge in [0.05, 0.1) is 6.61 Å². The predicted molar refractivity (Wildman–Crippen MR) is 81.8 cm³/mol. The summed E-state index contributed by atoms with van der Waals surface area (Å²) in [5.41, 5.74) is 2.81. The molecule has 0 N–H and O–H groups in total. The average molecular weight is 266 g/mol. The summed E-state index contributed by atoms with van der Waals surface area (Å²) >= 11 is 0. The summed E-state index contributed by atoms with van der Waals surface area (Å²) in [7, 11) is 0. The number of carbonyl (C=O) groups excluding carboxylic acids is 1. The van der Waals surface area contributed by atoms with Crippen LogP contribution in [0, 0.1) is 0 Å². The minimum atomic E-state index is 0.643. The molecule has 102 valence electrons. The molecule has 20 heavy (non-hydrogen) atoms. The molecule has 0 saturated heterocycles. The van der Waals surface area contributed by atoms with E-state index < -0.39 is 0 Å². The van der Waals surface area contributed by atoms with E-state index in [1.165, 1.54) is 5.56 Å². The first-order valence-electron chi connectivity index (χ1n) is 6.76. The Morgan fingerprint density at radius 1 is 1.05 bits per heavy atom. The minimum Gasteiger partial charge on any atom is -0.494 e. The first kappa shape index (κ1) is 14.1. The molecule has 0 bridgehead atoms. The summed E-state index contributed by atoms with van der Waals surface area (Å²) in [6, 6.07) is 17.7. The van der Waals surface area contributed by atoms with Gasteiger partial charge in [0.25, 0.3) is 0 Å². The predicted octanol–water partition coefficient (Wildman–Crippen LogP) is 3.91. The van der Waals surface area contributed by atoms with E-state index in [1.807, 2.05) is 55.5 Å². The van der Waals surface area contributed by atoms with Gasteiger partial charge in [-0.3, -0.25) is 4.79 Å². The lowest BCUT2D eigenvalue weighted by atomic mass is 10.0. The average Bonchev–Trinajstić information content (AvgIpc) is 2.51. The van der Waals surface area contributed by atoms with Crippen LogP contribution in [0.5, 0.6) is 5.75 Å². The zero-order chi connectivity index (χ0) is 14.2. The summed E-state index contributed by atoms with van der Waals surface area (Å²) < 4.78 is 5.40. The molecule has 2 heteroatoms. The van der Waals surface area contributed by atoms with Crippen molar-refractivity contribution < 1.29 is 9.53 Å². The third-order valence-corrected chi connectivity index (χ3v) is 3.03. The molecule has 0 aliphatic rings. The maximum Gasteiger partial charge on any atom is 0.150 e. The fraction of sp³-hybridized carbons (Fsp3) is 0.167. The van der Waals surface area contributed by atoms with Gasteiger partial charge in [-0.15, -0.1) is 0 Å². The third-order valence-electron chi connectivity index (χ3n) is 3.03. The number of hydrogen-bond donors (Lipinski definition) is 0. The van der Waals surface area contributed by atoms with Crippen LogP contribution in [-0.2, 0) is 11.2 Å². The Morgan fingerprint density at radius 3 is 2.35 bits per heavy atom. The lowest BCUT2D eigenvalue weighted by molar-refractivity contribution is -0.103. The largest absolute Gasteiger partial charge is 0.494 e. The van der Waals surface area contributed by atoms with Crippen LogP contribution in [0.1, 0.15) is 18.1 Å². The van der Waals surface area contributed by atoms with Gasteiger partial charge in [0, 0.05) is 5.57 Å². The molecular formula is C18H18O2. The molecule has 0 saturated carbocycles. The van der Waals surface area contributed by atoms with Crippen LogP contribution in [0.3, 0.4) is 0 Å². The van der Waals surface area contributed by atoms with Crippen molar-refractivity contribution >= 4 is 11.9 Å². The van der Waals surface area contributed by atoms with Crippen molar-refractivity contribution in [3.63, 3.8) is 0 Å². The van der Waals surface area contributed by atoms with Crippen LogP contribution in [0.2, 0.25) is 0 Å². The fourth-order valence-electron chi connectivity index (χ4n) is 1.99. The van der Waals surface area contributed by atoms with Gasteiger partial charge in [-0.05, 0) is 36.6 Å². The first-order chi connectivity index (χ1) is 9.83. The van der Waals surface area contributed by atoms with Crippen molar-refractivity contribution in [3.8, 4) is 5.75 Å². The molecule has 2 aromatic carbocycles. The van der Waals surface area contributed by atoms with Crippen LogP contribution < -0.4 is 4.74 Å². The number of rotatable bonds is 6. The summed E-state index contributed by atoms with van der Waals surface area (Å²) in [4.78, 5) is 11.2. The van der Waals surface area contributed by atoms with Crippen LogP contribution >= 0.6 is 0 Å². The van der Waals surface area contributed by atoms with Gasteiger partial charge >= 0.3 is 0 Å². The molecule has 0 aliphatic heterocycles. The third kappa shape index (κ3) is 3.82. The van der Waals surface area contributed by atoms with E-state index in [1.54, 1.807) is 0 Å². The van der Waals surface area contributed by atoms with Crippen molar-refractivity contribution in [2.45, 2.75) is 13.3 Å². The molecular weight excluding hydrogens is 248 g/mol. The van der Waals surface area contributed by atoms with E-state index in [4.69, 9.17) is 4.74 Å². The second-order valence-corrected chi connectivity index (χ2v) is 4.42. The van der Waals surface area contributed by atoms with Crippen molar-refractivity contribution in [3.05, 3.63) is 71.8 Å². The molecule has 0 fully saturated rings. The van der Waals surface area contributed by atoms with E-state index >= 15 is 0 Å². The fourth-order valence-corrected chi connectivity index (χ4v) is 1.99. The summed E-state index contributed by atoms with van der Waals surface area (Å²) in [5.74, 6) is 0.824. The molecule has 0 aromatic heterocycles. The van der Waals surface area contributed by atoms with Crippen LogP contribution in [0.25, 0.3) is 5.57 Å². The van der Waals surface area contributed by atoms with Crippen LogP contribution in [-0.4, -0.2) is 12.9 Å². The Bertz CT molecular complexity index is 568.